The molecule has 2 aromatic carbocycles. The molecule has 0 aliphatic heterocycles. The fourth-order valence-corrected chi connectivity index (χ4v) is 3.32. The summed E-state index contributed by atoms with van der Waals surface area (Å²) in [5.41, 5.74) is 3.04. The Balaban J connectivity index is 1.82. The van der Waals surface area contributed by atoms with Gasteiger partial charge in [0.2, 0.25) is 0 Å². The molecule has 2 N–H and O–H groups in total. The minimum Gasteiger partial charge on any atom is -0.309 e. The van der Waals surface area contributed by atoms with Crippen LogP contribution in [-0.2, 0) is 13.0 Å². The van der Waals surface area contributed by atoms with Gasteiger partial charge in [0, 0.05) is 11.1 Å². The summed E-state index contributed by atoms with van der Waals surface area (Å²) in [5, 5.41) is 4.65. The number of H-pyrrole nitrogens is 1. The molecule has 0 unspecified atom stereocenters. The lowest BCUT2D eigenvalue weighted by Crippen LogP contribution is -2.27. The summed E-state index contributed by atoms with van der Waals surface area (Å²) in [6.07, 6.45) is 1.03. The number of aromatic amines is 1. The maximum Gasteiger partial charge on any atom is 0.258 e. The van der Waals surface area contributed by atoms with Crippen LogP contribution in [0.25, 0.3) is 10.9 Å². The average molecular weight is 370 g/mol. The monoisotopic (exact) mass is 369 g/mol. The number of nitrogens with zero attached hydrogens (tertiary/aromatic N) is 1. The van der Waals surface area contributed by atoms with Gasteiger partial charge in [-0.25, -0.2) is 4.98 Å². The van der Waals surface area contributed by atoms with Crippen LogP contribution in [0.15, 0.2) is 47.3 Å². The second-order valence-electron chi connectivity index (χ2n) is 6.87. The normalized spacial score (nSPS) is 12.7. The van der Waals surface area contributed by atoms with Crippen LogP contribution in [0.3, 0.4) is 0 Å². The van der Waals surface area contributed by atoms with Crippen LogP contribution in [0.5, 0.6) is 0 Å². The largest absolute Gasteiger partial charge is 0.309 e. The van der Waals surface area contributed by atoms with Crippen LogP contribution in [0, 0.1) is 5.92 Å². The second-order valence-corrected chi connectivity index (χ2v) is 7.31. The van der Waals surface area contributed by atoms with Crippen molar-refractivity contribution in [3.8, 4) is 0 Å². The molecule has 0 spiro atoms. The Morgan fingerprint density at radius 1 is 1.15 bits per heavy atom. The van der Waals surface area contributed by atoms with Gasteiger partial charge >= 0.3 is 0 Å². The van der Waals surface area contributed by atoms with Crippen molar-refractivity contribution in [2.24, 2.45) is 5.92 Å². The zero-order valence-electron chi connectivity index (χ0n) is 15.3. The van der Waals surface area contributed by atoms with Crippen LogP contribution in [0.1, 0.15) is 43.8 Å². The van der Waals surface area contributed by atoms with Crippen molar-refractivity contribution < 1.29 is 0 Å². The average Bonchev–Trinajstić information content (AvgIpc) is 2.61. The van der Waals surface area contributed by atoms with Crippen molar-refractivity contribution in [2.75, 3.05) is 0 Å². The molecule has 0 fully saturated rings. The molecule has 1 atom stereocenters. The number of fused-ring (bicyclic) bond motifs is 1. The fourth-order valence-electron chi connectivity index (χ4n) is 3.15. The van der Waals surface area contributed by atoms with Crippen LogP contribution in [0.2, 0.25) is 5.02 Å². The molecule has 4 nitrogen and oxygen atoms in total. The lowest BCUT2D eigenvalue weighted by atomic mass is 9.95. The maximum atomic E-state index is 12.3. The van der Waals surface area contributed by atoms with E-state index in [1.54, 1.807) is 18.2 Å². The van der Waals surface area contributed by atoms with Crippen LogP contribution in [-0.4, -0.2) is 9.97 Å². The zero-order chi connectivity index (χ0) is 18.7. The van der Waals surface area contributed by atoms with Crippen molar-refractivity contribution in [1.82, 2.24) is 15.3 Å². The van der Waals surface area contributed by atoms with Gasteiger partial charge in [0.15, 0.2) is 0 Å². The molecule has 1 aromatic heterocycles. The molecule has 0 saturated heterocycles. The van der Waals surface area contributed by atoms with E-state index in [9.17, 15) is 4.79 Å². The second kappa shape index (κ2) is 8.02. The van der Waals surface area contributed by atoms with Gasteiger partial charge in [0.25, 0.3) is 5.56 Å². The van der Waals surface area contributed by atoms with Crippen LogP contribution < -0.4 is 10.9 Å². The minimum atomic E-state index is -0.142. The van der Waals surface area contributed by atoms with E-state index >= 15 is 0 Å². The molecule has 0 bridgehead atoms. The van der Waals surface area contributed by atoms with E-state index in [4.69, 9.17) is 11.6 Å². The number of benzene rings is 2. The highest BCUT2D eigenvalue weighted by atomic mass is 35.5. The molecule has 5 heteroatoms. The molecule has 0 amide bonds. The highest BCUT2D eigenvalue weighted by molar-refractivity contribution is 6.31. The standard InChI is InChI=1S/C21H24ClN3O/c1-4-14-5-7-15(8-6-14)20(13(2)3)23-12-19-24-18-11-16(22)9-10-17(18)21(26)25-19/h5-11,13,20,23H,4,12H2,1-3H3,(H,24,25,26)/t20-/m0/s1. The van der Waals surface area contributed by atoms with Gasteiger partial charge in [-0.05, 0) is 41.7 Å². The Hall–Kier alpha value is -2.17. The minimum absolute atomic E-state index is 0.142. The fraction of sp³-hybridized carbons (Fsp3) is 0.333. The Kier molecular flexibility index (Phi) is 5.74. The zero-order valence-corrected chi connectivity index (χ0v) is 16.1. The summed E-state index contributed by atoms with van der Waals surface area (Å²) in [7, 11) is 0. The third-order valence-electron chi connectivity index (χ3n) is 4.62. The van der Waals surface area contributed by atoms with Gasteiger partial charge in [0.1, 0.15) is 5.82 Å². The highest BCUT2D eigenvalue weighted by Crippen LogP contribution is 2.23. The molecule has 0 aliphatic rings. The summed E-state index contributed by atoms with van der Waals surface area (Å²) >= 11 is 6.03. The molecule has 0 saturated carbocycles. The van der Waals surface area contributed by atoms with E-state index in [2.05, 4.69) is 60.3 Å². The lowest BCUT2D eigenvalue weighted by Gasteiger charge is -2.23. The Bertz CT molecular complexity index is 948. The molecule has 1 heterocycles. The van der Waals surface area contributed by atoms with Gasteiger partial charge in [-0.15, -0.1) is 0 Å². The number of halogens is 1. The van der Waals surface area contributed by atoms with E-state index in [-0.39, 0.29) is 11.6 Å². The number of hydrogen-bond acceptors (Lipinski definition) is 3. The first kappa shape index (κ1) is 18.6. The Morgan fingerprint density at radius 3 is 2.54 bits per heavy atom. The van der Waals surface area contributed by atoms with Gasteiger partial charge in [-0.1, -0.05) is 56.6 Å². The quantitative estimate of drug-likeness (QED) is 0.666. The lowest BCUT2D eigenvalue weighted by molar-refractivity contribution is 0.406. The van der Waals surface area contributed by atoms with E-state index < -0.39 is 0 Å². The van der Waals surface area contributed by atoms with Crippen LogP contribution >= 0.6 is 11.6 Å². The topological polar surface area (TPSA) is 57.8 Å². The summed E-state index contributed by atoms with van der Waals surface area (Å²) < 4.78 is 0. The van der Waals surface area contributed by atoms with Crippen molar-refractivity contribution in [1.29, 1.82) is 0 Å². The molecule has 3 rings (SSSR count). The first-order valence-corrected chi connectivity index (χ1v) is 9.36. The molecule has 26 heavy (non-hydrogen) atoms. The number of rotatable bonds is 6. The maximum absolute atomic E-state index is 12.3. The van der Waals surface area contributed by atoms with Crippen molar-refractivity contribution in [2.45, 2.75) is 39.8 Å². The van der Waals surface area contributed by atoms with Gasteiger partial charge < -0.3 is 10.3 Å². The molecule has 0 aliphatic carbocycles. The first-order valence-electron chi connectivity index (χ1n) is 8.98. The smallest absolute Gasteiger partial charge is 0.258 e. The predicted molar refractivity (Wildman–Crippen MR) is 108 cm³/mol. The van der Waals surface area contributed by atoms with E-state index in [0.717, 1.165) is 6.42 Å². The molecular formula is C21H24ClN3O. The van der Waals surface area contributed by atoms with Crippen molar-refractivity contribution in [3.63, 3.8) is 0 Å². The Morgan fingerprint density at radius 2 is 1.88 bits per heavy atom. The summed E-state index contributed by atoms with van der Waals surface area (Å²) in [6, 6.07) is 14.0. The third kappa shape index (κ3) is 4.14. The van der Waals surface area contributed by atoms with E-state index in [1.165, 1.54) is 11.1 Å². The SMILES string of the molecule is CCc1ccc([C@@H](NCc2nc3cc(Cl)ccc3c(=O)[nH]2)C(C)C)cc1. The Labute approximate surface area is 158 Å². The number of hydrogen-bond donors (Lipinski definition) is 2. The number of aryl methyl sites for hydroxylation is 1. The summed E-state index contributed by atoms with van der Waals surface area (Å²) in [5.74, 6) is 1.02. The molecular weight excluding hydrogens is 346 g/mol. The third-order valence-corrected chi connectivity index (χ3v) is 4.86. The van der Waals surface area contributed by atoms with Crippen LogP contribution in [0.4, 0.5) is 0 Å². The van der Waals surface area contributed by atoms with Gasteiger partial charge in [-0.3, -0.25) is 4.79 Å². The highest BCUT2D eigenvalue weighted by Gasteiger charge is 2.16. The van der Waals surface area contributed by atoms with Gasteiger partial charge in [-0.2, -0.15) is 0 Å². The predicted octanol–water partition coefficient (Wildman–Crippen LogP) is 4.63. The van der Waals surface area contributed by atoms with Gasteiger partial charge in [0.05, 0.1) is 17.4 Å². The number of nitrogens with one attached hydrogen (secondary N) is 2. The number of aromatic nitrogens is 2. The van der Waals surface area contributed by atoms with Crippen molar-refractivity contribution in [3.05, 3.63) is 74.8 Å². The van der Waals surface area contributed by atoms with E-state index in [0.29, 0.717) is 34.2 Å². The first-order chi connectivity index (χ1) is 12.5. The summed E-state index contributed by atoms with van der Waals surface area (Å²) in [4.78, 5) is 19.7. The molecule has 136 valence electrons. The van der Waals surface area contributed by atoms with Crippen molar-refractivity contribution >= 4 is 22.5 Å². The van der Waals surface area contributed by atoms with E-state index in [1.807, 2.05) is 0 Å². The molecule has 0 radical (unpaired) electrons. The molecule has 3 aromatic rings. The summed E-state index contributed by atoms with van der Waals surface area (Å²) in [6.45, 7) is 7.00.